The van der Waals surface area contributed by atoms with Crippen LogP contribution in [0.4, 0.5) is 0 Å². The van der Waals surface area contributed by atoms with E-state index in [-0.39, 0.29) is 11.8 Å². The van der Waals surface area contributed by atoms with E-state index in [1.54, 1.807) is 7.11 Å². The lowest BCUT2D eigenvalue weighted by atomic mass is 10.1. The summed E-state index contributed by atoms with van der Waals surface area (Å²) in [6, 6.07) is 26.3. The fraction of sp³-hybridized carbons (Fsp3) is 0.333. The second-order valence-corrected chi connectivity index (χ2v) is 9.32. The van der Waals surface area contributed by atoms with Crippen LogP contribution in [0.15, 0.2) is 78.9 Å². The maximum absolute atomic E-state index is 12.8. The van der Waals surface area contributed by atoms with Crippen LogP contribution in [0.2, 0.25) is 0 Å². The van der Waals surface area contributed by atoms with E-state index in [0.29, 0.717) is 13.0 Å². The van der Waals surface area contributed by atoms with Crippen molar-refractivity contribution >= 4 is 16.9 Å². The highest BCUT2D eigenvalue weighted by Gasteiger charge is 2.33. The van der Waals surface area contributed by atoms with Crippen molar-refractivity contribution in [3.8, 4) is 11.5 Å². The number of rotatable bonds is 11. The molecule has 1 aromatic heterocycles. The van der Waals surface area contributed by atoms with Gasteiger partial charge in [0, 0.05) is 38.0 Å². The Morgan fingerprint density at radius 2 is 1.72 bits per heavy atom. The van der Waals surface area contributed by atoms with Crippen LogP contribution in [0.25, 0.3) is 11.0 Å². The maximum Gasteiger partial charge on any atom is 0.223 e. The standard InChI is InChI=1S/C30H33N3O3/c1-35-25-12-9-13-26(21-25)36-19-8-7-17-33-28-15-6-5-14-27(28)31-30(33)24-20-29(34)32(22-24)18-16-23-10-3-2-4-11-23/h2-6,9-15,21,24H,7-8,16-20,22H2,1H3. The molecule has 1 atom stereocenters. The average molecular weight is 484 g/mol. The predicted octanol–water partition coefficient (Wildman–Crippen LogP) is 5.46. The quantitative estimate of drug-likeness (QED) is 0.266. The van der Waals surface area contributed by atoms with Crippen molar-refractivity contribution in [3.63, 3.8) is 0 Å². The van der Waals surface area contributed by atoms with Crippen molar-refractivity contribution in [1.29, 1.82) is 0 Å². The molecule has 4 aromatic rings. The first-order valence-corrected chi connectivity index (χ1v) is 12.7. The zero-order valence-corrected chi connectivity index (χ0v) is 20.8. The summed E-state index contributed by atoms with van der Waals surface area (Å²) >= 11 is 0. The van der Waals surface area contributed by atoms with E-state index in [9.17, 15) is 4.79 Å². The number of fused-ring (bicyclic) bond motifs is 1. The Morgan fingerprint density at radius 3 is 2.58 bits per heavy atom. The molecular formula is C30H33N3O3. The van der Waals surface area contributed by atoms with E-state index in [4.69, 9.17) is 14.5 Å². The summed E-state index contributed by atoms with van der Waals surface area (Å²) in [4.78, 5) is 19.8. The zero-order valence-electron chi connectivity index (χ0n) is 20.8. The minimum Gasteiger partial charge on any atom is -0.497 e. The lowest BCUT2D eigenvalue weighted by molar-refractivity contribution is -0.127. The Hall–Kier alpha value is -3.80. The number of para-hydroxylation sites is 2. The second-order valence-electron chi connectivity index (χ2n) is 9.32. The van der Waals surface area contributed by atoms with Crippen LogP contribution in [0.1, 0.15) is 36.6 Å². The number of amides is 1. The maximum atomic E-state index is 12.8. The SMILES string of the molecule is COc1cccc(OCCCCn2c(C3CC(=O)N(CCc4ccccc4)C3)nc3ccccc32)c1. The van der Waals surface area contributed by atoms with Gasteiger partial charge in [0.15, 0.2) is 0 Å². The smallest absolute Gasteiger partial charge is 0.223 e. The highest BCUT2D eigenvalue weighted by Crippen LogP contribution is 2.31. The molecule has 36 heavy (non-hydrogen) atoms. The first kappa shape index (κ1) is 23.9. The van der Waals surface area contributed by atoms with Crippen LogP contribution >= 0.6 is 0 Å². The van der Waals surface area contributed by atoms with E-state index in [2.05, 4.69) is 34.9 Å². The summed E-state index contributed by atoms with van der Waals surface area (Å²) in [5.74, 6) is 2.99. The Kier molecular flexibility index (Phi) is 7.50. The molecule has 6 nitrogen and oxygen atoms in total. The molecule has 2 heterocycles. The average Bonchev–Trinajstić information content (AvgIpc) is 3.48. The second kappa shape index (κ2) is 11.3. The van der Waals surface area contributed by atoms with Crippen LogP contribution in [-0.4, -0.2) is 47.2 Å². The van der Waals surface area contributed by atoms with E-state index >= 15 is 0 Å². The number of imidazole rings is 1. The van der Waals surface area contributed by atoms with Crippen molar-refractivity contribution in [2.75, 3.05) is 26.8 Å². The Bertz CT molecular complexity index is 1300. The summed E-state index contributed by atoms with van der Waals surface area (Å²) in [5, 5.41) is 0. The van der Waals surface area contributed by atoms with Gasteiger partial charge in [0.1, 0.15) is 17.3 Å². The van der Waals surface area contributed by atoms with E-state index < -0.39 is 0 Å². The molecule has 0 saturated carbocycles. The third-order valence-corrected chi connectivity index (χ3v) is 6.86. The first-order chi connectivity index (χ1) is 17.7. The summed E-state index contributed by atoms with van der Waals surface area (Å²) in [6.07, 6.45) is 3.30. The van der Waals surface area contributed by atoms with Gasteiger partial charge in [0.2, 0.25) is 5.91 Å². The first-order valence-electron chi connectivity index (χ1n) is 12.7. The normalized spacial score (nSPS) is 15.5. The number of carbonyl (C=O) groups excluding carboxylic acids is 1. The molecule has 0 N–H and O–H groups in total. The fourth-order valence-electron chi connectivity index (χ4n) is 4.96. The monoisotopic (exact) mass is 483 g/mol. The van der Waals surface area contributed by atoms with Crippen LogP contribution < -0.4 is 9.47 Å². The molecule has 5 rings (SSSR count). The third kappa shape index (κ3) is 5.54. The molecule has 186 valence electrons. The summed E-state index contributed by atoms with van der Waals surface area (Å²) in [5.41, 5.74) is 3.39. The Balaban J connectivity index is 1.22. The van der Waals surface area contributed by atoms with Gasteiger partial charge in [0.25, 0.3) is 0 Å². The van der Waals surface area contributed by atoms with Gasteiger partial charge < -0.3 is 18.9 Å². The summed E-state index contributed by atoms with van der Waals surface area (Å²) in [6.45, 7) is 2.98. The number of likely N-dealkylation sites (tertiary alicyclic amines) is 1. The largest absolute Gasteiger partial charge is 0.497 e. The number of carbonyl (C=O) groups is 1. The van der Waals surface area contributed by atoms with Crippen LogP contribution in [0.5, 0.6) is 11.5 Å². The van der Waals surface area contributed by atoms with Gasteiger partial charge in [-0.25, -0.2) is 4.98 Å². The molecule has 6 heteroatoms. The minimum absolute atomic E-state index is 0.119. The molecule has 1 aliphatic heterocycles. The van der Waals surface area contributed by atoms with Gasteiger partial charge in [-0.15, -0.1) is 0 Å². The van der Waals surface area contributed by atoms with Crippen molar-refractivity contribution in [3.05, 3.63) is 90.3 Å². The molecule has 1 fully saturated rings. The van der Waals surface area contributed by atoms with E-state index in [0.717, 1.165) is 67.3 Å². The van der Waals surface area contributed by atoms with Crippen molar-refractivity contribution < 1.29 is 14.3 Å². The van der Waals surface area contributed by atoms with Crippen molar-refractivity contribution in [2.24, 2.45) is 0 Å². The number of nitrogens with zero attached hydrogens (tertiary/aromatic N) is 3. The number of benzene rings is 3. The number of aromatic nitrogens is 2. The number of methoxy groups -OCH3 is 1. The molecule has 1 aliphatic rings. The fourth-order valence-corrected chi connectivity index (χ4v) is 4.96. The van der Waals surface area contributed by atoms with Gasteiger partial charge >= 0.3 is 0 Å². The van der Waals surface area contributed by atoms with Gasteiger partial charge in [0.05, 0.1) is 24.8 Å². The zero-order chi connectivity index (χ0) is 24.7. The summed E-state index contributed by atoms with van der Waals surface area (Å²) in [7, 11) is 1.66. The molecular weight excluding hydrogens is 450 g/mol. The molecule has 0 aliphatic carbocycles. The van der Waals surface area contributed by atoms with Gasteiger partial charge in [-0.05, 0) is 49.1 Å². The molecule has 1 amide bonds. The van der Waals surface area contributed by atoms with E-state index in [1.807, 2.05) is 53.4 Å². The number of aryl methyl sites for hydroxylation is 1. The summed E-state index contributed by atoms with van der Waals surface area (Å²) < 4.78 is 13.5. The highest BCUT2D eigenvalue weighted by molar-refractivity contribution is 5.81. The van der Waals surface area contributed by atoms with Crippen LogP contribution in [0, 0.1) is 0 Å². The number of hydrogen-bond acceptors (Lipinski definition) is 4. The van der Waals surface area contributed by atoms with Crippen LogP contribution in [0.3, 0.4) is 0 Å². The molecule has 0 spiro atoms. The molecule has 3 aromatic carbocycles. The van der Waals surface area contributed by atoms with E-state index in [1.165, 1.54) is 5.56 Å². The van der Waals surface area contributed by atoms with Crippen molar-refractivity contribution in [1.82, 2.24) is 14.5 Å². The molecule has 1 saturated heterocycles. The predicted molar refractivity (Wildman–Crippen MR) is 142 cm³/mol. The Morgan fingerprint density at radius 1 is 0.917 bits per heavy atom. The lowest BCUT2D eigenvalue weighted by Crippen LogP contribution is -2.27. The highest BCUT2D eigenvalue weighted by atomic mass is 16.5. The molecule has 1 unspecified atom stereocenters. The number of hydrogen-bond donors (Lipinski definition) is 0. The number of unbranched alkanes of at least 4 members (excludes halogenated alkanes) is 1. The topological polar surface area (TPSA) is 56.6 Å². The number of ether oxygens (including phenoxy) is 2. The van der Waals surface area contributed by atoms with Gasteiger partial charge in [-0.3, -0.25) is 4.79 Å². The van der Waals surface area contributed by atoms with Gasteiger partial charge in [-0.1, -0.05) is 48.5 Å². The van der Waals surface area contributed by atoms with Crippen LogP contribution in [-0.2, 0) is 17.8 Å². The third-order valence-electron chi connectivity index (χ3n) is 6.86. The Labute approximate surface area is 212 Å². The van der Waals surface area contributed by atoms with Crippen molar-refractivity contribution in [2.45, 2.75) is 38.1 Å². The minimum atomic E-state index is 0.119. The molecule has 0 radical (unpaired) electrons. The lowest BCUT2D eigenvalue weighted by Gasteiger charge is -2.17. The molecule has 0 bridgehead atoms. The van der Waals surface area contributed by atoms with Gasteiger partial charge in [-0.2, -0.15) is 0 Å².